The summed E-state index contributed by atoms with van der Waals surface area (Å²) >= 11 is 0. The van der Waals surface area contributed by atoms with Crippen molar-refractivity contribution in [3.8, 4) is 0 Å². The van der Waals surface area contributed by atoms with Crippen molar-refractivity contribution in [1.82, 2.24) is 4.98 Å². The Hall–Kier alpha value is -1.38. The zero-order chi connectivity index (χ0) is 9.84. The fraction of sp³-hybridized carbons (Fsp3) is 0.400. The van der Waals surface area contributed by atoms with Crippen molar-refractivity contribution in [1.29, 1.82) is 0 Å². The molecule has 1 rings (SSSR count). The Balaban J connectivity index is 2.75. The zero-order valence-corrected chi connectivity index (χ0v) is 7.82. The van der Waals surface area contributed by atoms with Crippen LogP contribution < -0.4 is 0 Å². The molecule has 0 bridgehead atoms. The summed E-state index contributed by atoms with van der Waals surface area (Å²) in [7, 11) is 0. The molecule has 0 amide bonds. The van der Waals surface area contributed by atoms with Crippen LogP contribution in [-0.4, -0.2) is 16.1 Å². The van der Waals surface area contributed by atoms with E-state index in [2.05, 4.69) is 18.8 Å². The van der Waals surface area contributed by atoms with Gasteiger partial charge in [-0.25, -0.2) is 9.78 Å². The Morgan fingerprint density at radius 2 is 2.23 bits per heavy atom. The summed E-state index contributed by atoms with van der Waals surface area (Å²) in [4.78, 5) is 14.3. The van der Waals surface area contributed by atoms with Crippen LogP contribution in [0.3, 0.4) is 0 Å². The summed E-state index contributed by atoms with van der Waals surface area (Å²) in [6.45, 7) is 4.23. The van der Waals surface area contributed by atoms with Crippen LogP contribution >= 0.6 is 0 Å². The number of carboxylic acids is 1. The van der Waals surface area contributed by atoms with E-state index in [9.17, 15) is 4.79 Å². The molecular weight excluding hydrogens is 166 g/mol. The van der Waals surface area contributed by atoms with Crippen molar-refractivity contribution in [3.05, 3.63) is 29.6 Å². The molecule has 13 heavy (non-hydrogen) atoms. The highest BCUT2D eigenvalue weighted by Crippen LogP contribution is 2.07. The minimum atomic E-state index is -0.976. The SMILES string of the molecule is CC(C)Cc1ccc(C(=O)O)nc1. The summed E-state index contributed by atoms with van der Waals surface area (Å²) in [5.74, 6) is -0.409. The largest absolute Gasteiger partial charge is 0.477 e. The van der Waals surface area contributed by atoms with Crippen molar-refractivity contribution in [3.63, 3.8) is 0 Å². The highest BCUT2D eigenvalue weighted by molar-refractivity contribution is 5.85. The molecule has 0 aliphatic heterocycles. The van der Waals surface area contributed by atoms with Gasteiger partial charge in [-0.1, -0.05) is 19.9 Å². The molecule has 0 atom stereocenters. The smallest absolute Gasteiger partial charge is 0.354 e. The quantitative estimate of drug-likeness (QED) is 0.771. The summed E-state index contributed by atoms with van der Waals surface area (Å²) < 4.78 is 0. The van der Waals surface area contributed by atoms with Crippen LogP contribution in [-0.2, 0) is 6.42 Å². The summed E-state index contributed by atoms with van der Waals surface area (Å²) in [6.07, 6.45) is 2.57. The van der Waals surface area contributed by atoms with E-state index in [1.807, 2.05) is 6.07 Å². The summed E-state index contributed by atoms with van der Waals surface area (Å²) in [5.41, 5.74) is 1.19. The third-order valence-corrected chi connectivity index (χ3v) is 1.69. The molecule has 3 heteroatoms. The third kappa shape index (κ3) is 2.86. The fourth-order valence-corrected chi connectivity index (χ4v) is 1.14. The van der Waals surface area contributed by atoms with Crippen LogP contribution in [0.4, 0.5) is 0 Å². The standard InChI is InChI=1S/C10H13NO2/c1-7(2)5-8-3-4-9(10(12)13)11-6-8/h3-4,6-7H,5H2,1-2H3,(H,12,13). The molecule has 70 valence electrons. The van der Waals surface area contributed by atoms with E-state index in [4.69, 9.17) is 5.11 Å². The van der Waals surface area contributed by atoms with Gasteiger partial charge in [-0.15, -0.1) is 0 Å². The Morgan fingerprint density at radius 1 is 1.54 bits per heavy atom. The highest BCUT2D eigenvalue weighted by atomic mass is 16.4. The molecule has 1 N–H and O–H groups in total. The van der Waals surface area contributed by atoms with Crippen molar-refractivity contribution in [2.75, 3.05) is 0 Å². The number of nitrogens with zero attached hydrogens (tertiary/aromatic N) is 1. The van der Waals surface area contributed by atoms with E-state index in [0.717, 1.165) is 12.0 Å². The molecule has 1 aromatic heterocycles. The molecule has 1 aromatic rings. The maximum absolute atomic E-state index is 10.5. The Kier molecular flexibility index (Phi) is 3.01. The average molecular weight is 179 g/mol. The number of carboxylic acid groups (broad SMARTS) is 1. The van der Waals surface area contributed by atoms with Crippen LogP contribution in [0.1, 0.15) is 29.9 Å². The Bertz CT molecular complexity index is 290. The van der Waals surface area contributed by atoms with Crippen LogP contribution in [0, 0.1) is 5.92 Å². The Morgan fingerprint density at radius 3 is 2.62 bits per heavy atom. The molecule has 0 aromatic carbocycles. The molecule has 0 aliphatic rings. The minimum Gasteiger partial charge on any atom is -0.477 e. The fourth-order valence-electron chi connectivity index (χ4n) is 1.14. The van der Waals surface area contributed by atoms with Gasteiger partial charge in [0.05, 0.1) is 0 Å². The lowest BCUT2D eigenvalue weighted by Crippen LogP contribution is -2.01. The van der Waals surface area contributed by atoms with Crippen LogP contribution in [0.5, 0.6) is 0 Å². The van der Waals surface area contributed by atoms with Gasteiger partial charge in [-0.05, 0) is 24.0 Å². The van der Waals surface area contributed by atoms with Crippen molar-refractivity contribution < 1.29 is 9.90 Å². The first-order valence-electron chi connectivity index (χ1n) is 4.28. The molecule has 0 saturated heterocycles. The van der Waals surface area contributed by atoms with Gasteiger partial charge >= 0.3 is 5.97 Å². The highest BCUT2D eigenvalue weighted by Gasteiger charge is 2.03. The number of aromatic carboxylic acids is 1. The topological polar surface area (TPSA) is 50.2 Å². The number of hydrogen-bond acceptors (Lipinski definition) is 2. The second kappa shape index (κ2) is 4.03. The second-order valence-electron chi connectivity index (χ2n) is 3.45. The van der Waals surface area contributed by atoms with E-state index in [0.29, 0.717) is 5.92 Å². The third-order valence-electron chi connectivity index (χ3n) is 1.69. The van der Waals surface area contributed by atoms with Gasteiger partial charge in [0, 0.05) is 6.20 Å². The lowest BCUT2D eigenvalue weighted by molar-refractivity contribution is 0.0690. The first-order chi connectivity index (χ1) is 6.09. The summed E-state index contributed by atoms with van der Waals surface area (Å²) in [5, 5.41) is 8.60. The first-order valence-corrected chi connectivity index (χ1v) is 4.28. The van der Waals surface area contributed by atoms with E-state index in [-0.39, 0.29) is 5.69 Å². The number of carbonyl (C=O) groups is 1. The van der Waals surface area contributed by atoms with Crippen LogP contribution in [0.25, 0.3) is 0 Å². The predicted molar refractivity (Wildman–Crippen MR) is 49.7 cm³/mol. The van der Waals surface area contributed by atoms with Gasteiger partial charge in [-0.2, -0.15) is 0 Å². The van der Waals surface area contributed by atoms with Crippen LogP contribution in [0.15, 0.2) is 18.3 Å². The van der Waals surface area contributed by atoms with Crippen molar-refractivity contribution >= 4 is 5.97 Å². The van der Waals surface area contributed by atoms with E-state index < -0.39 is 5.97 Å². The lowest BCUT2D eigenvalue weighted by atomic mass is 10.0. The molecule has 1 heterocycles. The normalized spacial score (nSPS) is 10.4. The van der Waals surface area contributed by atoms with Gasteiger partial charge in [0.25, 0.3) is 0 Å². The van der Waals surface area contributed by atoms with Crippen molar-refractivity contribution in [2.24, 2.45) is 5.92 Å². The molecule has 0 aliphatic carbocycles. The molecular formula is C10H13NO2. The molecule has 0 saturated carbocycles. The van der Waals surface area contributed by atoms with Gasteiger partial charge in [-0.3, -0.25) is 0 Å². The molecule has 3 nitrogen and oxygen atoms in total. The van der Waals surface area contributed by atoms with Gasteiger partial charge in [0.15, 0.2) is 0 Å². The number of pyridine rings is 1. The van der Waals surface area contributed by atoms with Crippen LogP contribution in [0.2, 0.25) is 0 Å². The molecule has 0 radical (unpaired) electrons. The van der Waals surface area contributed by atoms with E-state index in [1.54, 1.807) is 12.3 Å². The molecule has 0 spiro atoms. The van der Waals surface area contributed by atoms with Gasteiger partial charge < -0.3 is 5.11 Å². The number of rotatable bonds is 3. The van der Waals surface area contributed by atoms with Crippen molar-refractivity contribution in [2.45, 2.75) is 20.3 Å². The lowest BCUT2D eigenvalue weighted by Gasteiger charge is -2.03. The minimum absolute atomic E-state index is 0.104. The predicted octanol–water partition coefficient (Wildman–Crippen LogP) is 1.98. The van der Waals surface area contributed by atoms with Gasteiger partial charge in [0.1, 0.15) is 5.69 Å². The second-order valence-corrected chi connectivity index (χ2v) is 3.45. The monoisotopic (exact) mass is 179 g/mol. The number of aromatic nitrogens is 1. The van der Waals surface area contributed by atoms with Gasteiger partial charge in [0.2, 0.25) is 0 Å². The average Bonchev–Trinajstić information content (AvgIpc) is 2.04. The Labute approximate surface area is 77.4 Å². The maximum Gasteiger partial charge on any atom is 0.354 e. The van der Waals surface area contributed by atoms with E-state index in [1.165, 1.54) is 0 Å². The maximum atomic E-state index is 10.5. The zero-order valence-electron chi connectivity index (χ0n) is 7.82. The molecule has 0 unspecified atom stereocenters. The molecule has 0 fully saturated rings. The number of hydrogen-bond donors (Lipinski definition) is 1. The first kappa shape index (κ1) is 9.71. The van der Waals surface area contributed by atoms with E-state index >= 15 is 0 Å². The summed E-state index contributed by atoms with van der Waals surface area (Å²) in [6, 6.07) is 3.36.